The van der Waals surface area contributed by atoms with Crippen LogP contribution in [0, 0.1) is 0 Å². The molecule has 192 valence electrons. The second-order valence-corrected chi connectivity index (χ2v) is 8.07. The molecule has 4 unspecified atom stereocenters. The number of likely N-dealkylation sites (tertiary alicyclic amines) is 1. The highest BCUT2D eigenvalue weighted by molar-refractivity contribution is 5.95. The molecule has 35 heavy (non-hydrogen) atoms. The first-order chi connectivity index (χ1) is 16.5. The van der Waals surface area contributed by atoms with Gasteiger partial charge in [-0.3, -0.25) is 24.0 Å². The zero-order valence-corrected chi connectivity index (χ0v) is 18.7. The number of carboxylic acids is 3. The van der Waals surface area contributed by atoms with Gasteiger partial charge in [0.25, 0.3) is 0 Å². The van der Waals surface area contributed by atoms with Gasteiger partial charge in [0.05, 0.1) is 18.8 Å². The van der Waals surface area contributed by atoms with Gasteiger partial charge in [-0.25, -0.2) is 9.78 Å². The number of hydrogen-bond acceptors (Lipinski definition) is 8. The summed E-state index contributed by atoms with van der Waals surface area (Å²) >= 11 is 0. The fourth-order valence-corrected chi connectivity index (χ4v) is 3.68. The third kappa shape index (κ3) is 8.06. The summed E-state index contributed by atoms with van der Waals surface area (Å²) in [6.45, 7) is 0.104. The van der Waals surface area contributed by atoms with Gasteiger partial charge in [-0.15, -0.1) is 0 Å². The van der Waals surface area contributed by atoms with Gasteiger partial charge < -0.3 is 41.6 Å². The summed E-state index contributed by atoms with van der Waals surface area (Å²) < 4.78 is 0. The molecule has 1 saturated heterocycles. The van der Waals surface area contributed by atoms with Gasteiger partial charge in [-0.1, -0.05) is 0 Å². The van der Waals surface area contributed by atoms with Crippen molar-refractivity contribution in [3.05, 3.63) is 18.2 Å². The van der Waals surface area contributed by atoms with Gasteiger partial charge in [-0.05, 0) is 19.3 Å². The molecule has 1 aromatic rings. The fraction of sp³-hybridized carbons (Fsp3) is 0.550. The first-order valence-electron chi connectivity index (χ1n) is 10.8. The number of rotatable bonds is 13. The first-order valence-corrected chi connectivity index (χ1v) is 10.8. The summed E-state index contributed by atoms with van der Waals surface area (Å²) in [6, 6.07) is -5.17. The second kappa shape index (κ2) is 12.5. The van der Waals surface area contributed by atoms with E-state index in [9.17, 15) is 28.8 Å². The number of nitrogens with zero attached hydrogens (tertiary/aromatic N) is 2. The van der Waals surface area contributed by atoms with E-state index in [4.69, 9.17) is 21.1 Å². The van der Waals surface area contributed by atoms with Crippen molar-refractivity contribution in [2.75, 3.05) is 6.54 Å². The normalized spacial score (nSPS) is 17.7. The summed E-state index contributed by atoms with van der Waals surface area (Å²) in [7, 11) is 0. The number of aromatic nitrogens is 2. The Labute approximate surface area is 199 Å². The molecule has 0 aromatic carbocycles. The molecule has 1 aliphatic rings. The molecule has 2 rings (SSSR count). The molecule has 15 heteroatoms. The highest BCUT2D eigenvalue weighted by Crippen LogP contribution is 2.20. The largest absolute Gasteiger partial charge is 0.481 e. The van der Waals surface area contributed by atoms with Crippen molar-refractivity contribution in [3.8, 4) is 0 Å². The number of nitrogens with one attached hydrogen (secondary N) is 3. The first kappa shape index (κ1) is 27.2. The second-order valence-electron chi connectivity index (χ2n) is 8.07. The Morgan fingerprint density at radius 3 is 2.40 bits per heavy atom. The van der Waals surface area contributed by atoms with Crippen molar-refractivity contribution < 1.29 is 44.1 Å². The van der Waals surface area contributed by atoms with E-state index in [1.807, 2.05) is 0 Å². The van der Waals surface area contributed by atoms with Crippen LogP contribution in [-0.4, -0.2) is 96.5 Å². The lowest BCUT2D eigenvalue weighted by Crippen LogP contribution is -2.57. The van der Waals surface area contributed by atoms with Gasteiger partial charge in [-0.2, -0.15) is 0 Å². The molecule has 8 N–H and O–H groups in total. The van der Waals surface area contributed by atoms with E-state index in [-0.39, 0.29) is 25.8 Å². The van der Waals surface area contributed by atoms with Crippen LogP contribution >= 0.6 is 0 Å². The quantitative estimate of drug-likeness (QED) is 0.152. The monoisotopic (exact) mass is 496 g/mol. The Hall–Kier alpha value is -4.01. The third-order valence-corrected chi connectivity index (χ3v) is 5.42. The molecular weight excluding hydrogens is 468 g/mol. The van der Waals surface area contributed by atoms with Crippen LogP contribution in [0.1, 0.15) is 37.8 Å². The number of carbonyl (C=O) groups is 6. The zero-order valence-electron chi connectivity index (χ0n) is 18.7. The van der Waals surface area contributed by atoms with E-state index in [1.54, 1.807) is 0 Å². The van der Waals surface area contributed by atoms with Crippen LogP contribution in [0.25, 0.3) is 0 Å². The highest BCUT2D eigenvalue weighted by atomic mass is 16.4. The SMILES string of the molecule is NC(Cc1cnc[nH]1)C(=O)NC(CCC(=O)O)C(=O)N1CCCC1C(=O)NC(CC(=O)O)C(=O)O. The highest BCUT2D eigenvalue weighted by Gasteiger charge is 2.39. The van der Waals surface area contributed by atoms with Crippen molar-refractivity contribution in [1.29, 1.82) is 0 Å². The lowest BCUT2D eigenvalue weighted by Gasteiger charge is -2.29. The lowest BCUT2D eigenvalue weighted by atomic mass is 10.1. The van der Waals surface area contributed by atoms with Crippen molar-refractivity contribution >= 4 is 35.6 Å². The Kier molecular flexibility index (Phi) is 9.69. The van der Waals surface area contributed by atoms with E-state index in [1.165, 1.54) is 12.5 Å². The molecule has 1 fully saturated rings. The van der Waals surface area contributed by atoms with Crippen LogP contribution in [0.15, 0.2) is 12.5 Å². The van der Waals surface area contributed by atoms with Crippen LogP contribution in [0.3, 0.4) is 0 Å². The minimum atomic E-state index is -1.69. The molecule has 4 atom stereocenters. The lowest BCUT2D eigenvalue weighted by molar-refractivity contribution is -0.148. The topological polar surface area (TPSA) is 245 Å². The molecule has 15 nitrogen and oxygen atoms in total. The summed E-state index contributed by atoms with van der Waals surface area (Å²) in [5.41, 5.74) is 6.47. The number of carbonyl (C=O) groups excluding carboxylic acids is 3. The number of aromatic amines is 1. The van der Waals surface area contributed by atoms with E-state index >= 15 is 0 Å². The number of amides is 3. The molecule has 0 radical (unpaired) electrons. The number of aliphatic carboxylic acids is 3. The fourth-order valence-electron chi connectivity index (χ4n) is 3.68. The Morgan fingerprint density at radius 1 is 1.11 bits per heavy atom. The number of nitrogens with two attached hydrogens (primary N) is 1. The number of imidazole rings is 1. The maximum Gasteiger partial charge on any atom is 0.326 e. The van der Waals surface area contributed by atoms with Crippen LogP contribution < -0.4 is 16.4 Å². The Morgan fingerprint density at radius 2 is 1.83 bits per heavy atom. The van der Waals surface area contributed by atoms with Crippen LogP contribution in [-0.2, 0) is 35.2 Å². The summed E-state index contributed by atoms with van der Waals surface area (Å²) in [4.78, 5) is 79.5. The minimum absolute atomic E-state index is 0.0839. The van der Waals surface area contributed by atoms with Crippen molar-refractivity contribution in [1.82, 2.24) is 25.5 Å². The summed E-state index contributed by atoms with van der Waals surface area (Å²) in [6.07, 6.45) is 1.96. The molecule has 0 bridgehead atoms. The molecule has 0 spiro atoms. The molecule has 1 aromatic heterocycles. The third-order valence-electron chi connectivity index (χ3n) is 5.42. The van der Waals surface area contributed by atoms with E-state index in [0.29, 0.717) is 12.1 Å². The predicted molar refractivity (Wildman–Crippen MR) is 116 cm³/mol. The Bertz CT molecular complexity index is 951. The average molecular weight is 496 g/mol. The minimum Gasteiger partial charge on any atom is -0.481 e. The molecule has 3 amide bonds. The maximum atomic E-state index is 13.2. The molecular formula is C20H28N6O9. The van der Waals surface area contributed by atoms with Crippen LogP contribution in [0.4, 0.5) is 0 Å². The smallest absolute Gasteiger partial charge is 0.326 e. The summed E-state index contributed by atoms with van der Waals surface area (Å²) in [5.74, 6) is -6.47. The standard InChI is InChI=1S/C20H28N6O9/c21-11(6-10-8-22-9-23-10)17(31)24-12(3-4-15(27)28)19(33)26-5-1-2-14(26)18(32)25-13(20(34)35)7-16(29)30/h8-9,11-14H,1-7,21H2,(H,22,23)(H,24,31)(H,25,32)(H,27,28)(H,29,30)(H,34,35). The van der Waals surface area contributed by atoms with Crippen LogP contribution in [0.5, 0.6) is 0 Å². The zero-order chi connectivity index (χ0) is 26.1. The molecule has 0 saturated carbocycles. The van der Waals surface area contributed by atoms with Crippen molar-refractivity contribution in [2.45, 2.75) is 62.7 Å². The molecule has 0 aliphatic carbocycles. The predicted octanol–water partition coefficient (Wildman–Crippen LogP) is -2.34. The van der Waals surface area contributed by atoms with Crippen LogP contribution in [0.2, 0.25) is 0 Å². The van der Waals surface area contributed by atoms with Crippen molar-refractivity contribution in [3.63, 3.8) is 0 Å². The van der Waals surface area contributed by atoms with Gasteiger partial charge in [0.2, 0.25) is 17.7 Å². The van der Waals surface area contributed by atoms with Gasteiger partial charge >= 0.3 is 17.9 Å². The van der Waals surface area contributed by atoms with E-state index in [0.717, 1.165) is 4.90 Å². The van der Waals surface area contributed by atoms with Gasteiger partial charge in [0.15, 0.2) is 0 Å². The number of carboxylic acid groups (broad SMARTS) is 3. The van der Waals surface area contributed by atoms with Crippen molar-refractivity contribution in [2.24, 2.45) is 5.73 Å². The van der Waals surface area contributed by atoms with E-state index in [2.05, 4.69) is 20.6 Å². The average Bonchev–Trinajstić information content (AvgIpc) is 3.47. The maximum absolute atomic E-state index is 13.2. The number of H-pyrrole nitrogens is 1. The molecule has 2 heterocycles. The van der Waals surface area contributed by atoms with E-state index < -0.39 is 72.6 Å². The summed E-state index contributed by atoms with van der Waals surface area (Å²) in [5, 5.41) is 31.6. The van der Waals surface area contributed by atoms with Gasteiger partial charge in [0.1, 0.15) is 18.1 Å². The molecule has 1 aliphatic heterocycles. The van der Waals surface area contributed by atoms with Gasteiger partial charge in [0, 0.05) is 31.3 Å². The number of hydrogen-bond donors (Lipinski definition) is 7. The Balaban J connectivity index is 2.12.